The minimum atomic E-state index is -0.880. The highest BCUT2D eigenvalue weighted by Crippen LogP contribution is 2.18. The Labute approximate surface area is 118 Å². The number of nitrogens with one attached hydrogen (secondary N) is 1. The third kappa shape index (κ3) is 3.69. The number of hydrogen-bond acceptors (Lipinski definition) is 5. The Morgan fingerprint density at radius 1 is 1.25 bits per heavy atom. The number of likely N-dealkylation sites (N-methyl/N-ethyl adjacent to an activating group) is 1. The maximum absolute atomic E-state index is 11.5. The number of piperazine rings is 1. The SMILES string of the molecule is COc1ccc(C(NN2CCN(C)CC2)C(=O)O)cc1. The van der Waals surface area contributed by atoms with Gasteiger partial charge in [-0.15, -0.1) is 0 Å². The lowest BCUT2D eigenvalue weighted by Crippen LogP contribution is -2.52. The van der Waals surface area contributed by atoms with Gasteiger partial charge in [-0.05, 0) is 24.7 Å². The molecular formula is C14H21N3O3. The molecule has 110 valence electrons. The number of hydrazine groups is 1. The topological polar surface area (TPSA) is 65.0 Å². The van der Waals surface area contributed by atoms with E-state index in [9.17, 15) is 9.90 Å². The Balaban J connectivity index is 2.04. The van der Waals surface area contributed by atoms with Crippen LogP contribution in [0.1, 0.15) is 11.6 Å². The molecule has 6 heteroatoms. The zero-order valence-corrected chi connectivity index (χ0v) is 11.9. The lowest BCUT2D eigenvalue weighted by atomic mass is 10.1. The summed E-state index contributed by atoms with van der Waals surface area (Å²) in [5.74, 6) is -0.161. The molecule has 0 saturated carbocycles. The van der Waals surface area contributed by atoms with Gasteiger partial charge in [0, 0.05) is 26.2 Å². The van der Waals surface area contributed by atoms with Crippen LogP contribution in [0.5, 0.6) is 5.75 Å². The summed E-state index contributed by atoms with van der Waals surface area (Å²) in [5, 5.41) is 11.4. The molecule has 0 aromatic heterocycles. The van der Waals surface area contributed by atoms with Crippen LogP contribution in [0.15, 0.2) is 24.3 Å². The Morgan fingerprint density at radius 2 is 1.85 bits per heavy atom. The molecule has 0 aliphatic carbocycles. The van der Waals surface area contributed by atoms with E-state index >= 15 is 0 Å². The zero-order valence-electron chi connectivity index (χ0n) is 11.9. The first-order chi connectivity index (χ1) is 9.60. The van der Waals surface area contributed by atoms with Gasteiger partial charge in [0.15, 0.2) is 0 Å². The summed E-state index contributed by atoms with van der Waals surface area (Å²) < 4.78 is 5.09. The smallest absolute Gasteiger partial charge is 0.326 e. The molecule has 0 amide bonds. The summed E-state index contributed by atoms with van der Waals surface area (Å²) in [6.07, 6.45) is 0. The maximum Gasteiger partial charge on any atom is 0.326 e. The molecule has 20 heavy (non-hydrogen) atoms. The molecule has 0 bridgehead atoms. The molecule has 1 heterocycles. The lowest BCUT2D eigenvalue weighted by Gasteiger charge is -2.34. The van der Waals surface area contributed by atoms with E-state index in [2.05, 4.69) is 17.4 Å². The minimum absolute atomic E-state index is 0.720. The maximum atomic E-state index is 11.5. The molecule has 1 unspecified atom stereocenters. The van der Waals surface area contributed by atoms with Crippen LogP contribution < -0.4 is 10.2 Å². The van der Waals surface area contributed by atoms with Crippen LogP contribution in [0.25, 0.3) is 0 Å². The summed E-state index contributed by atoms with van der Waals surface area (Å²) in [6, 6.07) is 6.37. The fourth-order valence-electron chi connectivity index (χ4n) is 2.19. The zero-order chi connectivity index (χ0) is 14.5. The van der Waals surface area contributed by atoms with E-state index in [1.165, 1.54) is 0 Å². The summed E-state index contributed by atoms with van der Waals surface area (Å²) in [5.41, 5.74) is 3.82. The van der Waals surface area contributed by atoms with Crippen LogP contribution in [0.3, 0.4) is 0 Å². The highest BCUT2D eigenvalue weighted by Gasteiger charge is 2.24. The standard InChI is InChI=1S/C14H21N3O3/c1-16-7-9-17(10-8-16)15-13(14(18)19)11-3-5-12(20-2)6-4-11/h3-6,13,15H,7-10H2,1-2H3,(H,18,19). The predicted molar refractivity (Wildman–Crippen MR) is 75.6 cm³/mol. The molecule has 2 N–H and O–H groups in total. The molecule has 6 nitrogen and oxygen atoms in total. The number of carboxylic acids is 1. The van der Waals surface area contributed by atoms with Crippen LogP contribution in [-0.4, -0.2) is 61.3 Å². The van der Waals surface area contributed by atoms with Crippen molar-refractivity contribution < 1.29 is 14.6 Å². The van der Waals surface area contributed by atoms with E-state index in [0.717, 1.165) is 37.5 Å². The van der Waals surface area contributed by atoms with E-state index in [1.54, 1.807) is 31.4 Å². The lowest BCUT2D eigenvalue weighted by molar-refractivity contribution is -0.141. The molecule has 0 radical (unpaired) electrons. The first kappa shape index (κ1) is 14.8. The molecule has 1 fully saturated rings. The molecular weight excluding hydrogens is 258 g/mol. The number of hydrogen-bond donors (Lipinski definition) is 2. The number of carbonyl (C=O) groups is 1. The van der Waals surface area contributed by atoms with Gasteiger partial charge in [-0.25, -0.2) is 10.4 Å². The number of methoxy groups -OCH3 is 1. The molecule has 1 aliphatic heterocycles. The second-order valence-corrected chi connectivity index (χ2v) is 4.96. The first-order valence-electron chi connectivity index (χ1n) is 6.66. The predicted octanol–water partition coefficient (Wildman–Crippen LogP) is 0.573. The Kier molecular flexibility index (Phi) is 4.94. The van der Waals surface area contributed by atoms with Crippen LogP contribution in [0.4, 0.5) is 0 Å². The number of nitrogens with zero attached hydrogens (tertiary/aromatic N) is 2. The van der Waals surface area contributed by atoms with Gasteiger partial charge < -0.3 is 14.7 Å². The van der Waals surface area contributed by atoms with Crippen molar-refractivity contribution in [3.63, 3.8) is 0 Å². The monoisotopic (exact) mass is 279 g/mol. The summed E-state index contributed by atoms with van der Waals surface area (Å²) in [7, 11) is 3.65. The largest absolute Gasteiger partial charge is 0.497 e. The van der Waals surface area contributed by atoms with Gasteiger partial charge in [-0.3, -0.25) is 4.79 Å². The third-order valence-corrected chi connectivity index (χ3v) is 3.51. The molecule has 1 saturated heterocycles. The average molecular weight is 279 g/mol. The number of aliphatic carboxylic acids is 1. The molecule has 1 aromatic rings. The minimum Gasteiger partial charge on any atom is -0.497 e. The van der Waals surface area contributed by atoms with Crippen LogP contribution in [0, 0.1) is 0 Å². The van der Waals surface area contributed by atoms with Crippen molar-refractivity contribution in [2.75, 3.05) is 40.3 Å². The van der Waals surface area contributed by atoms with Crippen molar-refractivity contribution in [3.8, 4) is 5.75 Å². The Hall–Kier alpha value is -1.63. The van der Waals surface area contributed by atoms with Crippen molar-refractivity contribution >= 4 is 5.97 Å². The third-order valence-electron chi connectivity index (χ3n) is 3.51. The van der Waals surface area contributed by atoms with Crippen molar-refractivity contribution in [2.45, 2.75) is 6.04 Å². The number of benzene rings is 1. The van der Waals surface area contributed by atoms with Crippen molar-refractivity contribution in [1.29, 1.82) is 0 Å². The summed E-state index contributed by atoms with van der Waals surface area (Å²) in [4.78, 5) is 13.7. The quantitative estimate of drug-likeness (QED) is 0.821. The molecule has 2 rings (SSSR count). The van der Waals surface area contributed by atoms with Gasteiger partial charge in [-0.1, -0.05) is 12.1 Å². The molecule has 1 atom stereocenters. The fourth-order valence-corrected chi connectivity index (χ4v) is 2.19. The number of ether oxygens (including phenoxy) is 1. The van der Waals surface area contributed by atoms with E-state index in [-0.39, 0.29) is 0 Å². The van der Waals surface area contributed by atoms with Gasteiger partial charge in [-0.2, -0.15) is 0 Å². The Bertz CT molecular complexity index is 441. The van der Waals surface area contributed by atoms with Crippen LogP contribution in [-0.2, 0) is 4.79 Å². The summed E-state index contributed by atoms with van der Waals surface area (Å²) in [6.45, 7) is 3.50. The second-order valence-electron chi connectivity index (χ2n) is 4.96. The van der Waals surface area contributed by atoms with Gasteiger partial charge >= 0.3 is 5.97 Å². The number of rotatable bonds is 5. The van der Waals surface area contributed by atoms with E-state index in [4.69, 9.17) is 4.74 Å². The summed E-state index contributed by atoms with van der Waals surface area (Å²) >= 11 is 0. The molecule has 1 aromatic carbocycles. The van der Waals surface area contributed by atoms with Gasteiger partial charge in [0.05, 0.1) is 7.11 Å². The normalized spacial score (nSPS) is 18.7. The average Bonchev–Trinajstić information content (AvgIpc) is 2.46. The van der Waals surface area contributed by atoms with Crippen LogP contribution >= 0.6 is 0 Å². The van der Waals surface area contributed by atoms with Crippen molar-refractivity contribution in [2.24, 2.45) is 0 Å². The van der Waals surface area contributed by atoms with Gasteiger partial charge in [0.1, 0.15) is 11.8 Å². The fraction of sp³-hybridized carbons (Fsp3) is 0.500. The molecule has 0 spiro atoms. The van der Waals surface area contributed by atoms with Gasteiger partial charge in [0.25, 0.3) is 0 Å². The van der Waals surface area contributed by atoms with E-state index in [0.29, 0.717) is 0 Å². The van der Waals surface area contributed by atoms with E-state index in [1.807, 2.05) is 5.01 Å². The number of carboxylic acid groups (broad SMARTS) is 1. The highest BCUT2D eigenvalue weighted by atomic mass is 16.5. The second kappa shape index (κ2) is 6.69. The Morgan fingerprint density at radius 3 is 2.35 bits per heavy atom. The van der Waals surface area contributed by atoms with Gasteiger partial charge in [0.2, 0.25) is 0 Å². The molecule has 1 aliphatic rings. The van der Waals surface area contributed by atoms with Crippen molar-refractivity contribution in [3.05, 3.63) is 29.8 Å². The van der Waals surface area contributed by atoms with E-state index < -0.39 is 12.0 Å². The first-order valence-corrected chi connectivity index (χ1v) is 6.66. The van der Waals surface area contributed by atoms with Crippen LogP contribution in [0.2, 0.25) is 0 Å². The van der Waals surface area contributed by atoms with Crippen molar-refractivity contribution in [1.82, 2.24) is 15.3 Å². The highest BCUT2D eigenvalue weighted by molar-refractivity contribution is 5.75.